The highest BCUT2D eigenvalue weighted by Gasteiger charge is 2.08. The molecule has 0 unspecified atom stereocenters. The summed E-state index contributed by atoms with van der Waals surface area (Å²) >= 11 is 8.16. The fourth-order valence-electron chi connectivity index (χ4n) is 1.87. The first-order valence-electron chi connectivity index (χ1n) is 7.51. The van der Waals surface area contributed by atoms with E-state index >= 15 is 0 Å². The minimum atomic E-state index is -0.302. The molecule has 1 aromatic carbocycles. The minimum Gasteiger partial charge on any atom is -0.326 e. The van der Waals surface area contributed by atoms with E-state index in [-0.39, 0.29) is 29.4 Å². The second-order valence-corrected chi connectivity index (χ2v) is 7.24. The van der Waals surface area contributed by atoms with Crippen molar-refractivity contribution in [3.63, 3.8) is 0 Å². The van der Waals surface area contributed by atoms with Crippen molar-refractivity contribution in [2.45, 2.75) is 12.7 Å². The number of anilines is 3. The van der Waals surface area contributed by atoms with Gasteiger partial charge in [0.2, 0.25) is 17.7 Å². The van der Waals surface area contributed by atoms with Crippen LogP contribution in [0.2, 0.25) is 0 Å². The van der Waals surface area contributed by atoms with Crippen molar-refractivity contribution in [3.05, 3.63) is 35.3 Å². The second-order valence-electron chi connectivity index (χ2n) is 5.13. The Bertz CT molecular complexity index is 780. The molecular weight excluding hydrogens is 396 g/mol. The van der Waals surface area contributed by atoms with Gasteiger partial charge in [-0.05, 0) is 24.3 Å². The number of alkyl halides is 1. The first-order chi connectivity index (χ1) is 12.5. The first-order valence-corrected chi connectivity index (χ1v) is 10.1. The molecule has 0 bridgehead atoms. The average molecular weight is 413 g/mol. The molecule has 0 radical (unpaired) electrons. The number of hydrogen-bond donors (Lipinski definition) is 3. The van der Waals surface area contributed by atoms with Gasteiger partial charge in [0.1, 0.15) is 5.88 Å². The van der Waals surface area contributed by atoms with Crippen LogP contribution in [0.3, 0.4) is 0 Å². The summed E-state index contributed by atoms with van der Waals surface area (Å²) in [4.78, 5) is 38.4. The van der Waals surface area contributed by atoms with Gasteiger partial charge in [-0.25, -0.2) is 4.98 Å². The molecule has 3 N–H and O–H groups in total. The SMILES string of the molecule is CC(=O)Nc1ccc(NC(=O)CSCc2csc(NC(=O)CCl)n2)cc1. The van der Waals surface area contributed by atoms with E-state index in [9.17, 15) is 14.4 Å². The molecule has 0 aliphatic rings. The van der Waals surface area contributed by atoms with Crippen molar-refractivity contribution < 1.29 is 14.4 Å². The zero-order chi connectivity index (χ0) is 18.9. The summed E-state index contributed by atoms with van der Waals surface area (Å²) in [5.74, 6) is 0.134. The quantitative estimate of drug-likeness (QED) is 0.578. The Morgan fingerprint density at radius 1 is 1.08 bits per heavy atom. The number of rotatable bonds is 8. The molecule has 0 fully saturated rings. The third kappa shape index (κ3) is 7.03. The van der Waals surface area contributed by atoms with Crippen LogP contribution in [0, 0.1) is 0 Å². The molecule has 2 aromatic rings. The van der Waals surface area contributed by atoms with Gasteiger partial charge in [-0.1, -0.05) is 0 Å². The molecule has 10 heteroatoms. The maximum atomic E-state index is 12.0. The number of aromatic nitrogens is 1. The zero-order valence-electron chi connectivity index (χ0n) is 13.9. The highest BCUT2D eigenvalue weighted by atomic mass is 35.5. The summed E-state index contributed by atoms with van der Waals surface area (Å²) < 4.78 is 0. The number of halogens is 1. The molecule has 0 saturated carbocycles. The molecule has 1 aromatic heterocycles. The van der Waals surface area contributed by atoms with Gasteiger partial charge >= 0.3 is 0 Å². The lowest BCUT2D eigenvalue weighted by Crippen LogP contribution is -2.14. The molecule has 0 aliphatic carbocycles. The Morgan fingerprint density at radius 3 is 2.35 bits per heavy atom. The minimum absolute atomic E-state index is 0.115. The smallest absolute Gasteiger partial charge is 0.241 e. The van der Waals surface area contributed by atoms with Crippen LogP contribution < -0.4 is 16.0 Å². The van der Waals surface area contributed by atoms with E-state index in [1.165, 1.54) is 30.0 Å². The Hall–Kier alpha value is -2.10. The molecule has 3 amide bonds. The van der Waals surface area contributed by atoms with Crippen molar-refractivity contribution in [2.75, 3.05) is 27.6 Å². The molecule has 2 rings (SSSR count). The van der Waals surface area contributed by atoms with Crippen molar-refractivity contribution >= 4 is 68.9 Å². The van der Waals surface area contributed by atoms with Gasteiger partial charge in [0.15, 0.2) is 5.13 Å². The largest absolute Gasteiger partial charge is 0.326 e. The van der Waals surface area contributed by atoms with Gasteiger partial charge in [0.05, 0.1) is 11.4 Å². The number of benzene rings is 1. The van der Waals surface area contributed by atoms with Gasteiger partial charge in [-0.2, -0.15) is 0 Å². The van der Waals surface area contributed by atoms with E-state index in [0.29, 0.717) is 22.3 Å². The van der Waals surface area contributed by atoms with Crippen LogP contribution in [0.15, 0.2) is 29.6 Å². The summed E-state index contributed by atoms with van der Waals surface area (Å²) in [6.45, 7) is 1.43. The van der Waals surface area contributed by atoms with Gasteiger partial charge in [0.25, 0.3) is 0 Å². The molecule has 138 valence electrons. The number of carbonyl (C=O) groups is 3. The summed E-state index contributed by atoms with van der Waals surface area (Å²) in [7, 11) is 0. The summed E-state index contributed by atoms with van der Waals surface area (Å²) in [6.07, 6.45) is 0. The van der Waals surface area contributed by atoms with Crippen LogP contribution in [-0.4, -0.2) is 34.3 Å². The van der Waals surface area contributed by atoms with Crippen LogP contribution in [0.5, 0.6) is 0 Å². The topological polar surface area (TPSA) is 100 Å². The maximum Gasteiger partial charge on any atom is 0.241 e. The molecule has 0 atom stereocenters. The van der Waals surface area contributed by atoms with Crippen molar-refractivity contribution in [2.24, 2.45) is 0 Å². The Kier molecular flexibility index (Phi) is 7.89. The van der Waals surface area contributed by atoms with Crippen molar-refractivity contribution in [3.8, 4) is 0 Å². The number of hydrogen-bond acceptors (Lipinski definition) is 6. The van der Waals surface area contributed by atoms with Crippen molar-refractivity contribution in [1.82, 2.24) is 4.98 Å². The van der Waals surface area contributed by atoms with E-state index < -0.39 is 0 Å². The molecule has 0 spiro atoms. The van der Waals surface area contributed by atoms with Crippen LogP contribution in [0.4, 0.5) is 16.5 Å². The third-order valence-electron chi connectivity index (χ3n) is 2.89. The van der Waals surface area contributed by atoms with Crippen LogP contribution in [0.1, 0.15) is 12.6 Å². The Morgan fingerprint density at radius 2 is 1.73 bits per heavy atom. The molecule has 0 saturated heterocycles. The molecular formula is C16H17ClN4O3S2. The highest BCUT2D eigenvalue weighted by Crippen LogP contribution is 2.20. The van der Waals surface area contributed by atoms with Gasteiger partial charge in [0, 0.05) is 29.4 Å². The summed E-state index contributed by atoms with van der Waals surface area (Å²) in [6, 6.07) is 6.88. The lowest BCUT2D eigenvalue weighted by atomic mass is 10.3. The Balaban J connectivity index is 1.73. The fraction of sp³-hybridized carbons (Fsp3) is 0.250. The monoisotopic (exact) mass is 412 g/mol. The van der Waals surface area contributed by atoms with E-state index in [1.807, 2.05) is 5.38 Å². The number of thiazole rings is 1. The lowest BCUT2D eigenvalue weighted by Gasteiger charge is -2.06. The molecule has 0 aliphatic heterocycles. The van der Waals surface area contributed by atoms with Crippen molar-refractivity contribution in [1.29, 1.82) is 0 Å². The van der Waals surface area contributed by atoms with Crippen LogP contribution >= 0.6 is 34.7 Å². The predicted octanol–water partition coefficient (Wildman–Crippen LogP) is 3.15. The summed E-state index contributed by atoms with van der Waals surface area (Å²) in [5, 5.41) is 10.4. The third-order valence-corrected chi connectivity index (χ3v) is 4.91. The van der Waals surface area contributed by atoms with Gasteiger partial charge < -0.3 is 16.0 Å². The standard InChI is InChI=1S/C16H17ClN4O3S2/c1-10(22)18-11-2-4-12(5-3-11)19-15(24)9-25-7-13-8-26-16(20-13)21-14(23)6-17/h2-5,8H,6-7,9H2,1H3,(H,18,22)(H,19,24)(H,20,21,23). The van der Waals surface area contributed by atoms with E-state index in [0.717, 1.165) is 5.69 Å². The zero-order valence-corrected chi connectivity index (χ0v) is 16.3. The van der Waals surface area contributed by atoms with E-state index in [2.05, 4.69) is 20.9 Å². The lowest BCUT2D eigenvalue weighted by molar-refractivity contribution is -0.115. The normalized spacial score (nSPS) is 10.2. The van der Waals surface area contributed by atoms with Crippen LogP contribution in [-0.2, 0) is 20.1 Å². The first kappa shape index (κ1) is 20.2. The molecule has 7 nitrogen and oxygen atoms in total. The number of thioether (sulfide) groups is 1. The fourth-order valence-corrected chi connectivity index (χ4v) is 3.48. The van der Waals surface area contributed by atoms with Gasteiger partial charge in [-0.15, -0.1) is 34.7 Å². The average Bonchev–Trinajstić information content (AvgIpc) is 3.03. The number of amides is 3. The predicted molar refractivity (Wildman–Crippen MR) is 107 cm³/mol. The number of nitrogens with one attached hydrogen (secondary N) is 3. The maximum absolute atomic E-state index is 12.0. The molecule has 26 heavy (non-hydrogen) atoms. The van der Waals surface area contributed by atoms with E-state index in [4.69, 9.17) is 11.6 Å². The Labute approximate surface area is 163 Å². The van der Waals surface area contributed by atoms with E-state index in [1.54, 1.807) is 24.3 Å². The summed E-state index contributed by atoms with van der Waals surface area (Å²) in [5.41, 5.74) is 2.12. The van der Waals surface area contributed by atoms with Gasteiger partial charge in [-0.3, -0.25) is 14.4 Å². The van der Waals surface area contributed by atoms with Crippen LogP contribution in [0.25, 0.3) is 0 Å². The molecule has 1 heterocycles. The highest BCUT2D eigenvalue weighted by molar-refractivity contribution is 7.99. The number of carbonyl (C=O) groups excluding carboxylic acids is 3. The number of nitrogens with zero attached hydrogens (tertiary/aromatic N) is 1. The second kappa shape index (κ2) is 10.1.